The average molecular weight is 338 g/mol. The Morgan fingerprint density at radius 3 is 2.44 bits per heavy atom. The van der Waals surface area contributed by atoms with Gasteiger partial charge < -0.3 is 9.47 Å². The Bertz CT molecular complexity index is 836. The zero-order valence-electron chi connectivity index (χ0n) is 14.1. The third-order valence-electron chi connectivity index (χ3n) is 4.07. The van der Waals surface area contributed by atoms with Gasteiger partial charge in [0.1, 0.15) is 12.4 Å². The molecule has 1 atom stereocenters. The van der Waals surface area contributed by atoms with Crippen molar-refractivity contribution in [2.45, 2.75) is 33.0 Å². The normalized spacial score (nSPS) is 15.8. The molecule has 2 aromatic rings. The van der Waals surface area contributed by atoms with Gasteiger partial charge >= 0.3 is 5.97 Å². The van der Waals surface area contributed by atoms with Gasteiger partial charge in [0, 0.05) is 12.0 Å². The van der Waals surface area contributed by atoms with Gasteiger partial charge in [-0.05, 0) is 18.6 Å². The van der Waals surface area contributed by atoms with Crippen LogP contribution in [0.4, 0.5) is 0 Å². The van der Waals surface area contributed by atoms with Crippen LogP contribution in [0.15, 0.2) is 42.5 Å². The van der Waals surface area contributed by atoms with Gasteiger partial charge in [-0.3, -0.25) is 14.4 Å². The van der Waals surface area contributed by atoms with Crippen LogP contribution < -0.4 is 4.74 Å². The van der Waals surface area contributed by atoms with Crippen LogP contribution in [0.1, 0.15) is 45.2 Å². The monoisotopic (exact) mass is 338 g/mol. The molecule has 0 aliphatic heterocycles. The average Bonchev–Trinajstić information content (AvgIpc) is 2.86. The summed E-state index contributed by atoms with van der Waals surface area (Å²) in [6.45, 7) is 3.88. The van der Waals surface area contributed by atoms with Crippen LogP contribution in [0, 0.1) is 6.92 Å². The minimum Gasteiger partial charge on any atom is -0.488 e. The molecule has 5 heteroatoms. The molecule has 0 heterocycles. The summed E-state index contributed by atoms with van der Waals surface area (Å²) < 4.78 is 10.8. The van der Waals surface area contributed by atoms with Crippen molar-refractivity contribution in [1.82, 2.24) is 0 Å². The first kappa shape index (κ1) is 16.9. The zero-order valence-corrected chi connectivity index (χ0v) is 14.1. The molecule has 0 saturated carbocycles. The van der Waals surface area contributed by atoms with E-state index in [-0.39, 0.29) is 24.2 Å². The van der Waals surface area contributed by atoms with Crippen molar-refractivity contribution in [3.63, 3.8) is 0 Å². The van der Waals surface area contributed by atoms with Crippen LogP contribution in [-0.4, -0.2) is 23.6 Å². The maximum atomic E-state index is 12.6. The molecule has 0 radical (unpaired) electrons. The number of carbonyl (C=O) groups is 3. The van der Waals surface area contributed by atoms with E-state index in [1.165, 1.54) is 0 Å². The summed E-state index contributed by atoms with van der Waals surface area (Å²) in [6.07, 6.45) is -1.30. The lowest BCUT2D eigenvalue weighted by Crippen LogP contribution is -2.28. The van der Waals surface area contributed by atoms with Crippen molar-refractivity contribution in [2.24, 2.45) is 0 Å². The molecule has 0 N–H and O–H groups in total. The highest BCUT2D eigenvalue weighted by Gasteiger charge is 2.43. The van der Waals surface area contributed by atoms with E-state index in [1.54, 1.807) is 25.1 Å². The van der Waals surface area contributed by atoms with Crippen molar-refractivity contribution in [1.29, 1.82) is 0 Å². The Balaban J connectivity index is 1.83. The van der Waals surface area contributed by atoms with E-state index >= 15 is 0 Å². The number of rotatable bonds is 5. The van der Waals surface area contributed by atoms with Gasteiger partial charge in [0.25, 0.3) is 0 Å². The van der Waals surface area contributed by atoms with Gasteiger partial charge in [-0.1, -0.05) is 48.9 Å². The second-order valence-corrected chi connectivity index (χ2v) is 5.90. The lowest BCUT2D eigenvalue weighted by atomic mass is 10.1. The number of aryl methyl sites for hydroxylation is 1. The van der Waals surface area contributed by atoms with Gasteiger partial charge in [-0.15, -0.1) is 0 Å². The van der Waals surface area contributed by atoms with E-state index in [1.807, 2.05) is 31.2 Å². The number of fused-ring (bicyclic) bond motifs is 1. The Kier molecular flexibility index (Phi) is 4.65. The van der Waals surface area contributed by atoms with Crippen molar-refractivity contribution in [3.05, 3.63) is 64.7 Å². The molecule has 25 heavy (non-hydrogen) atoms. The summed E-state index contributed by atoms with van der Waals surface area (Å²) in [5.74, 6) is -1.28. The number of benzene rings is 2. The first-order valence-electron chi connectivity index (χ1n) is 8.10. The fourth-order valence-electron chi connectivity index (χ4n) is 2.67. The predicted molar refractivity (Wildman–Crippen MR) is 90.8 cm³/mol. The largest absolute Gasteiger partial charge is 0.488 e. The summed E-state index contributed by atoms with van der Waals surface area (Å²) in [4.78, 5) is 36.4. The smallest absolute Gasteiger partial charge is 0.306 e. The highest BCUT2D eigenvalue weighted by atomic mass is 16.6. The molecule has 0 aromatic heterocycles. The van der Waals surface area contributed by atoms with Gasteiger partial charge in [0.15, 0.2) is 0 Å². The van der Waals surface area contributed by atoms with Crippen molar-refractivity contribution >= 4 is 17.5 Å². The molecule has 5 nitrogen and oxygen atoms in total. The Hall–Kier alpha value is -2.95. The van der Waals surface area contributed by atoms with E-state index in [0.717, 1.165) is 11.1 Å². The summed E-state index contributed by atoms with van der Waals surface area (Å²) in [6, 6.07) is 12.7. The molecule has 0 amide bonds. The van der Waals surface area contributed by atoms with E-state index < -0.39 is 23.6 Å². The molecule has 128 valence electrons. The predicted octanol–water partition coefficient (Wildman–Crippen LogP) is 3.27. The lowest BCUT2D eigenvalue weighted by molar-refractivity contribution is -0.144. The molecular formula is C20H18O5. The number of ether oxygens (including phenoxy) is 2. The molecule has 0 saturated heterocycles. The Labute approximate surface area is 145 Å². The van der Waals surface area contributed by atoms with E-state index in [4.69, 9.17) is 9.47 Å². The van der Waals surface area contributed by atoms with Crippen LogP contribution in [0.5, 0.6) is 5.75 Å². The van der Waals surface area contributed by atoms with Gasteiger partial charge in [-0.25, -0.2) is 0 Å². The van der Waals surface area contributed by atoms with Crippen molar-refractivity contribution < 1.29 is 23.9 Å². The van der Waals surface area contributed by atoms with Crippen LogP contribution in [0.25, 0.3) is 0 Å². The highest BCUT2D eigenvalue weighted by Crippen LogP contribution is 2.32. The zero-order chi connectivity index (χ0) is 18.0. The SMILES string of the molecule is CCC(=O)OC1C(=O)c2cccc(OCc3ccc(C)cc3)c2C1=O. The minimum absolute atomic E-state index is 0.101. The quantitative estimate of drug-likeness (QED) is 0.618. The summed E-state index contributed by atoms with van der Waals surface area (Å²) in [5.41, 5.74) is 2.52. The number of Topliss-reactive ketones (excluding diaryl/α,β-unsaturated/α-hetero) is 2. The van der Waals surface area contributed by atoms with Gasteiger partial charge in [-0.2, -0.15) is 0 Å². The van der Waals surface area contributed by atoms with Crippen LogP contribution in [-0.2, 0) is 16.1 Å². The molecule has 3 rings (SSSR count). The summed E-state index contributed by atoms with van der Waals surface area (Å²) >= 11 is 0. The Morgan fingerprint density at radius 1 is 1.04 bits per heavy atom. The van der Waals surface area contributed by atoms with Gasteiger partial charge in [0.2, 0.25) is 17.7 Å². The molecule has 0 spiro atoms. The van der Waals surface area contributed by atoms with E-state index in [0.29, 0.717) is 5.75 Å². The van der Waals surface area contributed by atoms with E-state index in [9.17, 15) is 14.4 Å². The second kappa shape index (κ2) is 6.89. The standard InChI is InChI=1S/C20H18O5/c1-3-16(21)25-20-18(22)14-5-4-6-15(17(14)19(20)23)24-11-13-9-7-12(2)8-10-13/h4-10,20H,3,11H2,1-2H3. The van der Waals surface area contributed by atoms with Crippen LogP contribution in [0.2, 0.25) is 0 Å². The fourth-order valence-corrected chi connectivity index (χ4v) is 2.67. The number of hydrogen-bond acceptors (Lipinski definition) is 5. The molecular weight excluding hydrogens is 320 g/mol. The molecule has 1 aliphatic carbocycles. The fraction of sp³-hybridized carbons (Fsp3) is 0.250. The third kappa shape index (κ3) is 3.31. The summed E-state index contributed by atoms with van der Waals surface area (Å²) in [5, 5.41) is 0. The number of esters is 1. The van der Waals surface area contributed by atoms with Crippen molar-refractivity contribution in [3.8, 4) is 5.75 Å². The molecule has 0 fully saturated rings. The van der Waals surface area contributed by atoms with E-state index in [2.05, 4.69) is 0 Å². The summed E-state index contributed by atoms with van der Waals surface area (Å²) in [7, 11) is 0. The van der Waals surface area contributed by atoms with Gasteiger partial charge in [0.05, 0.1) is 5.56 Å². The topological polar surface area (TPSA) is 69.7 Å². The van der Waals surface area contributed by atoms with Crippen LogP contribution >= 0.6 is 0 Å². The van der Waals surface area contributed by atoms with Crippen LogP contribution in [0.3, 0.4) is 0 Å². The lowest BCUT2D eigenvalue weighted by Gasteiger charge is -2.10. The molecule has 0 bridgehead atoms. The minimum atomic E-state index is -1.40. The first-order chi connectivity index (χ1) is 12.0. The maximum Gasteiger partial charge on any atom is 0.306 e. The number of hydrogen-bond donors (Lipinski definition) is 0. The maximum absolute atomic E-state index is 12.6. The Morgan fingerprint density at radius 2 is 1.76 bits per heavy atom. The highest BCUT2D eigenvalue weighted by molar-refractivity contribution is 6.30. The molecule has 1 aliphatic rings. The third-order valence-corrected chi connectivity index (χ3v) is 4.07. The molecule has 1 unspecified atom stereocenters. The molecule has 2 aromatic carbocycles. The second-order valence-electron chi connectivity index (χ2n) is 5.90. The number of ketones is 2. The number of carbonyl (C=O) groups excluding carboxylic acids is 3. The first-order valence-corrected chi connectivity index (χ1v) is 8.10. The van der Waals surface area contributed by atoms with Crippen molar-refractivity contribution in [2.75, 3.05) is 0 Å².